The molecule has 0 unspecified atom stereocenters. The summed E-state index contributed by atoms with van der Waals surface area (Å²) < 4.78 is 0. The van der Waals surface area contributed by atoms with Gasteiger partial charge in [-0.1, -0.05) is 24.3 Å². The lowest BCUT2D eigenvalue weighted by Crippen LogP contribution is -2.51. The van der Waals surface area contributed by atoms with Gasteiger partial charge >= 0.3 is 0 Å². The molecule has 3 aromatic carbocycles. The Balaban J connectivity index is 1.67. The molecule has 0 saturated carbocycles. The van der Waals surface area contributed by atoms with Crippen molar-refractivity contribution in [2.24, 2.45) is 0 Å². The van der Waals surface area contributed by atoms with Gasteiger partial charge in [-0.2, -0.15) is 5.01 Å². The number of hydrogen-bond acceptors (Lipinski definition) is 5. The Morgan fingerprint density at radius 3 is 1.96 bits per heavy atom. The molecule has 1 aliphatic rings. The van der Waals surface area contributed by atoms with Crippen LogP contribution in [0.25, 0.3) is 10.8 Å². The predicted molar refractivity (Wildman–Crippen MR) is 95.0 cm³/mol. The summed E-state index contributed by atoms with van der Waals surface area (Å²) in [5.41, 5.74) is 2.83. The van der Waals surface area contributed by atoms with E-state index in [0.717, 1.165) is 5.39 Å². The average molecular weight is 361 g/mol. The van der Waals surface area contributed by atoms with Crippen LogP contribution in [-0.4, -0.2) is 27.7 Å². The molecule has 8 heteroatoms. The van der Waals surface area contributed by atoms with Crippen LogP contribution in [0.4, 0.5) is 5.69 Å². The van der Waals surface area contributed by atoms with Gasteiger partial charge in [0.15, 0.2) is 0 Å². The minimum absolute atomic E-state index is 0.0817. The third-order valence-corrected chi connectivity index (χ3v) is 4.33. The monoisotopic (exact) mass is 361 g/mol. The van der Waals surface area contributed by atoms with Crippen LogP contribution in [0.1, 0.15) is 31.1 Å². The lowest BCUT2D eigenvalue weighted by molar-refractivity contribution is -0.384. The Kier molecular flexibility index (Phi) is 3.66. The van der Waals surface area contributed by atoms with Crippen molar-refractivity contribution in [3.8, 4) is 0 Å². The Morgan fingerprint density at radius 2 is 1.44 bits per heavy atom. The summed E-state index contributed by atoms with van der Waals surface area (Å²) in [4.78, 5) is 48.0. The zero-order valence-electron chi connectivity index (χ0n) is 13.7. The molecular formula is C19H11N3O5. The van der Waals surface area contributed by atoms with Gasteiger partial charge < -0.3 is 0 Å². The first-order chi connectivity index (χ1) is 13.0. The van der Waals surface area contributed by atoms with Crippen molar-refractivity contribution in [1.29, 1.82) is 0 Å². The normalized spacial score (nSPS) is 13.0. The number of nitrogens with zero attached hydrogens (tertiary/aromatic N) is 2. The molecule has 4 rings (SSSR count). The number of imide groups is 1. The Hall–Kier alpha value is -4.07. The van der Waals surface area contributed by atoms with Gasteiger partial charge in [0.2, 0.25) is 0 Å². The molecule has 0 aromatic heterocycles. The number of nitro benzene ring substituents is 1. The Bertz CT molecular complexity index is 1090. The number of carbonyl (C=O) groups is 3. The molecule has 0 atom stereocenters. The molecule has 0 aliphatic carbocycles. The van der Waals surface area contributed by atoms with Gasteiger partial charge in [-0.25, -0.2) is 0 Å². The molecule has 8 nitrogen and oxygen atoms in total. The fourth-order valence-corrected chi connectivity index (χ4v) is 3.03. The summed E-state index contributed by atoms with van der Waals surface area (Å²) in [7, 11) is 0. The maximum absolute atomic E-state index is 12.7. The van der Waals surface area contributed by atoms with E-state index in [-0.39, 0.29) is 11.3 Å². The van der Waals surface area contributed by atoms with Crippen molar-refractivity contribution >= 4 is 34.2 Å². The molecule has 1 aliphatic heterocycles. The van der Waals surface area contributed by atoms with E-state index in [1.165, 1.54) is 24.3 Å². The molecule has 132 valence electrons. The fraction of sp³-hybridized carbons (Fsp3) is 0. The summed E-state index contributed by atoms with van der Waals surface area (Å²) in [6.07, 6.45) is 0. The first-order valence-electron chi connectivity index (χ1n) is 7.93. The predicted octanol–water partition coefficient (Wildman–Crippen LogP) is 2.69. The molecule has 0 fully saturated rings. The van der Waals surface area contributed by atoms with Gasteiger partial charge in [-0.15, -0.1) is 0 Å². The van der Waals surface area contributed by atoms with Crippen LogP contribution >= 0.6 is 0 Å². The van der Waals surface area contributed by atoms with E-state index >= 15 is 0 Å². The van der Waals surface area contributed by atoms with Crippen molar-refractivity contribution in [3.05, 3.63) is 87.5 Å². The highest BCUT2D eigenvalue weighted by atomic mass is 16.6. The fourth-order valence-electron chi connectivity index (χ4n) is 3.03. The van der Waals surface area contributed by atoms with Crippen LogP contribution in [0.3, 0.4) is 0 Å². The van der Waals surface area contributed by atoms with Crippen LogP contribution < -0.4 is 5.43 Å². The SMILES string of the molecule is O=C(NN1C(=O)c2cccc3cccc(c23)C1=O)c1ccc([N+](=O)[O-])cc1. The van der Waals surface area contributed by atoms with E-state index in [4.69, 9.17) is 0 Å². The molecule has 0 bridgehead atoms. The van der Waals surface area contributed by atoms with Crippen molar-refractivity contribution in [1.82, 2.24) is 10.4 Å². The highest BCUT2D eigenvalue weighted by Gasteiger charge is 2.34. The number of amides is 3. The van der Waals surface area contributed by atoms with Crippen LogP contribution in [0.2, 0.25) is 0 Å². The number of nitrogens with one attached hydrogen (secondary N) is 1. The third-order valence-electron chi connectivity index (χ3n) is 4.33. The third kappa shape index (κ3) is 2.60. The lowest BCUT2D eigenvalue weighted by Gasteiger charge is -2.27. The maximum Gasteiger partial charge on any atom is 0.280 e. The van der Waals surface area contributed by atoms with Gasteiger partial charge in [0, 0.05) is 23.1 Å². The molecule has 0 saturated heterocycles. The number of hydrazine groups is 1. The topological polar surface area (TPSA) is 110 Å². The smallest absolute Gasteiger partial charge is 0.267 e. The Morgan fingerprint density at radius 1 is 0.889 bits per heavy atom. The van der Waals surface area contributed by atoms with Crippen LogP contribution in [0.5, 0.6) is 0 Å². The summed E-state index contributed by atoms with van der Waals surface area (Å²) >= 11 is 0. The minimum atomic E-state index is -0.724. The molecule has 27 heavy (non-hydrogen) atoms. The highest BCUT2D eigenvalue weighted by Crippen LogP contribution is 2.29. The van der Waals surface area contributed by atoms with E-state index in [1.54, 1.807) is 36.4 Å². The van der Waals surface area contributed by atoms with Gasteiger partial charge in [-0.05, 0) is 29.7 Å². The molecule has 0 spiro atoms. The van der Waals surface area contributed by atoms with E-state index in [9.17, 15) is 24.5 Å². The second-order valence-corrected chi connectivity index (χ2v) is 5.90. The number of rotatable bonds is 3. The van der Waals surface area contributed by atoms with E-state index < -0.39 is 22.6 Å². The quantitative estimate of drug-likeness (QED) is 0.438. The average Bonchev–Trinajstić information content (AvgIpc) is 2.69. The zero-order chi connectivity index (χ0) is 19.1. The van der Waals surface area contributed by atoms with E-state index in [1.807, 2.05) is 0 Å². The maximum atomic E-state index is 12.7. The van der Waals surface area contributed by atoms with Crippen molar-refractivity contribution < 1.29 is 19.3 Å². The summed E-state index contributed by atoms with van der Waals surface area (Å²) in [6.45, 7) is 0. The van der Waals surface area contributed by atoms with Crippen LogP contribution in [0, 0.1) is 10.1 Å². The van der Waals surface area contributed by atoms with Gasteiger partial charge in [-0.3, -0.25) is 29.9 Å². The van der Waals surface area contributed by atoms with Crippen molar-refractivity contribution in [2.45, 2.75) is 0 Å². The van der Waals surface area contributed by atoms with Gasteiger partial charge in [0.25, 0.3) is 23.4 Å². The lowest BCUT2D eigenvalue weighted by atomic mass is 9.95. The molecule has 0 radical (unpaired) electrons. The molecule has 1 heterocycles. The van der Waals surface area contributed by atoms with E-state index in [0.29, 0.717) is 21.5 Å². The summed E-state index contributed by atoms with van der Waals surface area (Å²) in [6, 6.07) is 15.0. The van der Waals surface area contributed by atoms with Gasteiger partial charge in [0.1, 0.15) is 0 Å². The second kappa shape index (κ2) is 6.03. The number of nitro groups is 1. The van der Waals surface area contributed by atoms with Crippen LogP contribution in [-0.2, 0) is 0 Å². The molecule has 1 N–H and O–H groups in total. The van der Waals surface area contributed by atoms with E-state index in [2.05, 4.69) is 5.43 Å². The molecule has 3 amide bonds. The van der Waals surface area contributed by atoms with Crippen LogP contribution in [0.15, 0.2) is 60.7 Å². The highest BCUT2D eigenvalue weighted by molar-refractivity contribution is 6.25. The number of benzene rings is 3. The van der Waals surface area contributed by atoms with Gasteiger partial charge in [0.05, 0.1) is 16.1 Å². The Labute approximate surface area is 152 Å². The second-order valence-electron chi connectivity index (χ2n) is 5.90. The minimum Gasteiger partial charge on any atom is -0.267 e. The first-order valence-corrected chi connectivity index (χ1v) is 7.93. The zero-order valence-corrected chi connectivity index (χ0v) is 13.7. The summed E-state index contributed by atoms with van der Waals surface area (Å²) in [5, 5.41) is 12.7. The number of carbonyl (C=O) groups excluding carboxylic acids is 3. The van der Waals surface area contributed by atoms with Crippen molar-refractivity contribution in [2.75, 3.05) is 0 Å². The number of hydrogen-bond donors (Lipinski definition) is 1. The van der Waals surface area contributed by atoms with Crippen molar-refractivity contribution in [3.63, 3.8) is 0 Å². The first kappa shape index (κ1) is 16.4. The largest absolute Gasteiger partial charge is 0.280 e. The molecule has 3 aromatic rings. The number of non-ortho nitro benzene ring substituents is 1. The molecular weight excluding hydrogens is 350 g/mol. The summed E-state index contributed by atoms with van der Waals surface area (Å²) in [5.74, 6) is -2.00. The standard InChI is InChI=1S/C19H11N3O5/c23-17(12-7-9-13(10-8-12)22(26)27)20-21-18(24)14-5-1-3-11-4-2-6-15(16(11)14)19(21)25/h1-10H,(H,20,23).